The Balaban J connectivity index is 1.67. The summed E-state index contributed by atoms with van der Waals surface area (Å²) in [7, 11) is 0. The van der Waals surface area contributed by atoms with Crippen molar-refractivity contribution in [2.24, 2.45) is 0 Å². The highest BCUT2D eigenvalue weighted by Gasteiger charge is 2.25. The largest absolute Gasteiger partial charge is 0.335 e. The average molecular weight is 380 g/mol. The lowest BCUT2D eigenvalue weighted by Gasteiger charge is -2.29. The molecule has 142 valence electrons. The Morgan fingerprint density at radius 1 is 1.07 bits per heavy atom. The van der Waals surface area contributed by atoms with Gasteiger partial charge in [0.15, 0.2) is 0 Å². The number of rotatable bonds is 3. The fourth-order valence-electron chi connectivity index (χ4n) is 3.37. The van der Waals surface area contributed by atoms with Crippen LogP contribution in [0.2, 0.25) is 0 Å². The van der Waals surface area contributed by atoms with Gasteiger partial charge in [0.2, 0.25) is 0 Å². The van der Waals surface area contributed by atoms with Crippen LogP contribution in [0.15, 0.2) is 48.5 Å². The third kappa shape index (κ3) is 3.43. The summed E-state index contributed by atoms with van der Waals surface area (Å²) in [5.41, 5.74) is 1.83. The molecule has 1 N–H and O–H groups in total. The molecule has 0 saturated carbocycles. The van der Waals surface area contributed by atoms with E-state index in [1.165, 1.54) is 12.1 Å². The second-order valence-electron chi connectivity index (χ2n) is 6.60. The number of fused-ring (bicyclic) bond motifs is 1. The van der Waals surface area contributed by atoms with Gasteiger partial charge in [0.05, 0.1) is 0 Å². The lowest BCUT2D eigenvalue weighted by atomic mass is 10.0. The summed E-state index contributed by atoms with van der Waals surface area (Å²) in [4.78, 5) is 23.2. The Labute approximate surface area is 161 Å². The van der Waals surface area contributed by atoms with Crippen molar-refractivity contribution in [2.75, 3.05) is 16.8 Å². The number of para-hydroxylation sites is 2. The molecule has 1 aromatic heterocycles. The van der Waals surface area contributed by atoms with Gasteiger partial charge < -0.3 is 10.2 Å². The SMILES string of the molecule is Cc1nc(Nc2c(F)cccc2F)cc(C(=O)N2CCCc3ccccc32)n1. The van der Waals surface area contributed by atoms with Crippen molar-refractivity contribution in [3.8, 4) is 0 Å². The molecule has 0 spiro atoms. The number of hydrogen-bond donors (Lipinski definition) is 1. The van der Waals surface area contributed by atoms with Crippen LogP contribution in [0.5, 0.6) is 0 Å². The number of halogens is 2. The van der Waals surface area contributed by atoms with Crippen molar-refractivity contribution in [1.82, 2.24) is 9.97 Å². The van der Waals surface area contributed by atoms with Crippen LogP contribution in [0, 0.1) is 18.6 Å². The normalized spacial score (nSPS) is 13.2. The van der Waals surface area contributed by atoms with Crippen molar-refractivity contribution in [2.45, 2.75) is 19.8 Å². The van der Waals surface area contributed by atoms with Gasteiger partial charge >= 0.3 is 0 Å². The van der Waals surface area contributed by atoms with Crippen molar-refractivity contribution in [1.29, 1.82) is 0 Å². The number of carbonyl (C=O) groups is 1. The van der Waals surface area contributed by atoms with Gasteiger partial charge in [-0.3, -0.25) is 4.79 Å². The number of benzene rings is 2. The van der Waals surface area contributed by atoms with Gasteiger partial charge in [0, 0.05) is 18.3 Å². The van der Waals surface area contributed by atoms with Gasteiger partial charge in [-0.1, -0.05) is 24.3 Å². The number of hydrogen-bond acceptors (Lipinski definition) is 4. The van der Waals surface area contributed by atoms with Crippen molar-refractivity contribution < 1.29 is 13.6 Å². The number of nitrogens with zero attached hydrogens (tertiary/aromatic N) is 3. The maximum Gasteiger partial charge on any atom is 0.277 e. The fourth-order valence-corrected chi connectivity index (χ4v) is 3.37. The molecule has 0 unspecified atom stereocenters. The smallest absolute Gasteiger partial charge is 0.277 e. The van der Waals surface area contributed by atoms with Gasteiger partial charge in [0.25, 0.3) is 5.91 Å². The van der Waals surface area contributed by atoms with E-state index in [9.17, 15) is 13.6 Å². The van der Waals surface area contributed by atoms with Crippen LogP contribution in [0.3, 0.4) is 0 Å². The monoisotopic (exact) mass is 380 g/mol. The van der Waals surface area contributed by atoms with Gasteiger partial charge in [-0.25, -0.2) is 18.7 Å². The van der Waals surface area contributed by atoms with E-state index in [0.717, 1.165) is 36.2 Å². The molecule has 0 aliphatic carbocycles. The molecule has 0 saturated heterocycles. The van der Waals surface area contributed by atoms with Crippen LogP contribution in [-0.4, -0.2) is 22.4 Å². The van der Waals surface area contributed by atoms with Gasteiger partial charge in [-0.2, -0.15) is 0 Å². The Hall–Kier alpha value is -3.35. The molecule has 1 aliphatic heterocycles. The summed E-state index contributed by atoms with van der Waals surface area (Å²) in [6, 6.07) is 12.8. The van der Waals surface area contributed by atoms with E-state index in [4.69, 9.17) is 0 Å². The lowest BCUT2D eigenvalue weighted by molar-refractivity contribution is 0.0980. The standard InChI is InChI=1S/C21H18F2N4O/c1-13-24-17(12-19(25-13)26-20-15(22)8-4-9-16(20)23)21(28)27-11-5-7-14-6-2-3-10-18(14)27/h2-4,6,8-10,12H,5,7,11H2,1H3,(H,24,25,26). The third-order valence-corrected chi connectivity index (χ3v) is 4.63. The minimum Gasteiger partial charge on any atom is -0.335 e. The summed E-state index contributed by atoms with van der Waals surface area (Å²) in [5, 5.41) is 2.63. The van der Waals surface area contributed by atoms with E-state index in [1.807, 2.05) is 24.3 Å². The second kappa shape index (κ2) is 7.34. The van der Waals surface area contributed by atoms with E-state index < -0.39 is 11.6 Å². The molecule has 0 bridgehead atoms. The number of nitrogens with one attached hydrogen (secondary N) is 1. The van der Waals surface area contributed by atoms with E-state index in [0.29, 0.717) is 12.4 Å². The van der Waals surface area contributed by atoms with E-state index in [-0.39, 0.29) is 23.1 Å². The second-order valence-corrected chi connectivity index (χ2v) is 6.60. The highest BCUT2D eigenvalue weighted by atomic mass is 19.1. The first kappa shape index (κ1) is 18.0. The van der Waals surface area contributed by atoms with Gasteiger partial charge in [0.1, 0.15) is 34.7 Å². The van der Waals surface area contributed by atoms with Crippen LogP contribution < -0.4 is 10.2 Å². The number of anilines is 3. The van der Waals surface area contributed by atoms with E-state index in [1.54, 1.807) is 11.8 Å². The summed E-state index contributed by atoms with van der Waals surface area (Å²) in [6.07, 6.45) is 1.78. The molecule has 0 radical (unpaired) electrons. The zero-order valence-electron chi connectivity index (χ0n) is 15.2. The van der Waals surface area contributed by atoms with Crippen LogP contribution in [0.1, 0.15) is 28.3 Å². The Morgan fingerprint density at radius 3 is 2.61 bits per heavy atom. The third-order valence-electron chi connectivity index (χ3n) is 4.63. The molecule has 5 nitrogen and oxygen atoms in total. The topological polar surface area (TPSA) is 58.1 Å². The number of carbonyl (C=O) groups excluding carboxylic acids is 1. The van der Waals surface area contributed by atoms with Crippen LogP contribution in [-0.2, 0) is 6.42 Å². The maximum atomic E-state index is 13.9. The fraction of sp³-hybridized carbons (Fsp3) is 0.190. The molecule has 1 aliphatic rings. The lowest BCUT2D eigenvalue weighted by Crippen LogP contribution is -2.36. The quantitative estimate of drug-likeness (QED) is 0.732. The first-order valence-corrected chi connectivity index (χ1v) is 8.99. The molecule has 4 rings (SSSR count). The number of aryl methyl sites for hydroxylation is 2. The molecule has 28 heavy (non-hydrogen) atoms. The molecule has 7 heteroatoms. The molecule has 2 aromatic carbocycles. The zero-order chi connectivity index (χ0) is 19.7. The van der Waals surface area contributed by atoms with Crippen LogP contribution >= 0.6 is 0 Å². The Morgan fingerprint density at radius 2 is 1.82 bits per heavy atom. The Kier molecular flexibility index (Phi) is 4.73. The molecular weight excluding hydrogens is 362 g/mol. The summed E-state index contributed by atoms with van der Waals surface area (Å²) in [6.45, 7) is 2.22. The van der Waals surface area contributed by atoms with Gasteiger partial charge in [-0.15, -0.1) is 0 Å². The Bertz CT molecular complexity index is 1030. The predicted octanol–water partition coefficient (Wildman–Crippen LogP) is 4.40. The highest BCUT2D eigenvalue weighted by Crippen LogP contribution is 2.28. The van der Waals surface area contributed by atoms with E-state index in [2.05, 4.69) is 15.3 Å². The van der Waals surface area contributed by atoms with E-state index >= 15 is 0 Å². The van der Waals surface area contributed by atoms with Crippen LogP contribution in [0.4, 0.5) is 26.0 Å². The molecule has 0 fully saturated rings. The minimum absolute atomic E-state index is 0.158. The summed E-state index contributed by atoms with van der Waals surface area (Å²) >= 11 is 0. The number of aromatic nitrogens is 2. The van der Waals surface area contributed by atoms with Crippen molar-refractivity contribution in [3.63, 3.8) is 0 Å². The molecule has 2 heterocycles. The maximum absolute atomic E-state index is 13.9. The molecular formula is C21H18F2N4O. The average Bonchev–Trinajstić information content (AvgIpc) is 2.69. The molecule has 0 atom stereocenters. The van der Waals surface area contributed by atoms with Gasteiger partial charge in [-0.05, 0) is 43.5 Å². The first-order chi connectivity index (χ1) is 13.5. The highest BCUT2D eigenvalue weighted by molar-refractivity contribution is 6.05. The first-order valence-electron chi connectivity index (χ1n) is 8.99. The zero-order valence-corrected chi connectivity index (χ0v) is 15.2. The van der Waals surface area contributed by atoms with Crippen LogP contribution in [0.25, 0.3) is 0 Å². The summed E-state index contributed by atoms with van der Waals surface area (Å²) in [5.74, 6) is -1.27. The molecule has 3 aromatic rings. The van der Waals surface area contributed by atoms with Crippen molar-refractivity contribution >= 4 is 23.1 Å². The summed E-state index contributed by atoms with van der Waals surface area (Å²) < 4.78 is 27.9. The van der Waals surface area contributed by atoms with Crippen molar-refractivity contribution in [3.05, 3.63) is 77.2 Å². The predicted molar refractivity (Wildman–Crippen MR) is 103 cm³/mol. The number of amides is 1. The molecule has 1 amide bonds. The minimum atomic E-state index is -0.742.